The third kappa shape index (κ3) is 5.13. The molecule has 0 aliphatic carbocycles. The van der Waals surface area contributed by atoms with Gasteiger partial charge >= 0.3 is 0 Å². The van der Waals surface area contributed by atoms with Crippen LogP contribution in [0.1, 0.15) is 0 Å². The van der Waals surface area contributed by atoms with E-state index in [4.69, 9.17) is 8.83 Å². The molecule has 0 aliphatic heterocycles. The van der Waals surface area contributed by atoms with Crippen LogP contribution < -0.4 is 4.90 Å². The monoisotopic (exact) mass is 703 g/mol. The Labute approximate surface area is 317 Å². The lowest BCUT2D eigenvalue weighted by Crippen LogP contribution is -2.11. The third-order valence-corrected chi connectivity index (χ3v) is 10.9. The number of para-hydroxylation sites is 2. The summed E-state index contributed by atoms with van der Waals surface area (Å²) in [5.41, 5.74) is 13.5. The van der Waals surface area contributed by atoms with Crippen LogP contribution in [0.4, 0.5) is 17.1 Å². The topological polar surface area (TPSA) is 29.5 Å². The highest BCUT2D eigenvalue weighted by molar-refractivity contribution is 6.22. The van der Waals surface area contributed by atoms with E-state index in [0.717, 1.165) is 94.0 Å². The van der Waals surface area contributed by atoms with E-state index in [2.05, 4.69) is 193 Å². The van der Waals surface area contributed by atoms with E-state index >= 15 is 0 Å². The summed E-state index contributed by atoms with van der Waals surface area (Å²) < 4.78 is 13.3. The Morgan fingerprint density at radius 3 is 1.65 bits per heavy atom. The van der Waals surface area contributed by atoms with Crippen LogP contribution in [0, 0.1) is 0 Å². The minimum atomic E-state index is 0.847. The molecular formula is C52H33NO2. The van der Waals surface area contributed by atoms with Crippen LogP contribution in [-0.4, -0.2) is 0 Å². The van der Waals surface area contributed by atoms with Gasteiger partial charge in [-0.05, 0) is 76.2 Å². The standard InChI is InChI=1S/C52H33NO2/c1-3-12-34(13-4-1)35-22-27-39(28-23-35)53(40-29-24-38(25-30-40)43-19-11-20-45-44-18-9-10-21-47(44)54-51(43)45)50-41(36-14-5-2-6-15-36)32-33-48-49(50)46-31-26-37-16-7-8-17-42(37)52(46)55-48/h1-33H. The van der Waals surface area contributed by atoms with Gasteiger partial charge < -0.3 is 13.7 Å². The lowest BCUT2D eigenvalue weighted by Gasteiger charge is -2.29. The number of benzene rings is 9. The Balaban J connectivity index is 1.16. The molecule has 3 nitrogen and oxygen atoms in total. The van der Waals surface area contributed by atoms with E-state index in [-0.39, 0.29) is 0 Å². The molecule has 11 aromatic rings. The molecule has 0 spiro atoms. The first kappa shape index (κ1) is 31.2. The number of anilines is 3. The molecule has 0 bridgehead atoms. The van der Waals surface area contributed by atoms with Gasteiger partial charge in [-0.2, -0.15) is 0 Å². The molecule has 2 aromatic heterocycles. The molecule has 2 heterocycles. The van der Waals surface area contributed by atoms with Crippen molar-refractivity contribution in [2.24, 2.45) is 0 Å². The second-order valence-corrected chi connectivity index (χ2v) is 14.0. The van der Waals surface area contributed by atoms with Gasteiger partial charge in [0.2, 0.25) is 0 Å². The molecule has 0 saturated heterocycles. The van der Waals surface area contributed by atoms with Crippen LogP contribution >= 0.6 is 0 Å². The molecule has 0 atom stereocenters. The average molecular weight is 704 g/mol. The second-order valence-electron chi connectivity index (χ2n) is 14.0. The molecule has 11 rings (SSSR count). The summed E-state index contributed by atoms with van der Waals surface area (Å²) in [6.07, 6.45) is 0. The zero-order chi connectivity index (χ0) is 36.3. The molecule has 258 valence electrons. The normalized spacial score (nSPS) is 11.6. The zero-order valence-corrected chi connectivity index (χ0v) is 29.8. The zero-order valence-electron chi connectivity index (χ0n) is 29.8. The minimum Gasteiger partial charge on any atom is -0.455 e. The van der Waals surface area contributed by atoms with Crippen molar-refractivity contribution in [3.05, 3.63) is 200 Å². The molecule has 0 N–H and O–H groups in total. The number of nitrogens with zero attached hydrogens (tertiary/aromatic N) is 1. The fraction of sp³-hybridized carbons (Fsp3) is 0. The van der Waals surface area contributed by atoms with Gasteiger partial charge in [-0.15, -0.1) is 0 Å². The van der Waals surface area contributed by atoms with E-state index in [1.807, 2.05) is 12.1 Å². The lowest BCUT2D eigenvalue weighted by molar-refractivity contribution is 0.670. The Bertz CT molecular complexity index is 3180. The largest absolute Gasteiger partial charge is 0.455 e. The van der Waals surface area contributed by atoms with E-state index in [0.29, 0.717) is 0 Å². The van der Waals surface area contributed by atoms with Gasteiger partial charge in [0.1, 0.15) is 22.3 Å². The molecule has 9 aromatic carbocycles. The van der Waals surface area contributed by atoms with Crippen molar-refractivity contribution in [1.29, 1.82) is 0 Å². The molecule has 0 saturated carbocycles. The van der Waals surface area contributed by atoms with Gasteiger partial charge in [-0.25, -0.2) is 0 Å². The summed E-state index contributed by atoms with van der Waals surface area (Å²) in [5.74, 6) is 0. The summed E-state index contributed by atoms with van der Waals surface area (Å²) in [4.78, 5) is 2.40. The van der Waals surface area contributed by atoms with Crippen molar-refractivity contribution in [2.75, 3.05) is 4.90 Å². The maximum atomic E-state index is 6.80. The molecule has 0 aliphatic rings. The summed E-state index contributed by atoms with van der Waals surface area (Å²) in [6.45, 7) is 0. The number of rotatable bonds is 6. The van der Waals surface area contributed by atoms with Crippen molar-refractivity contribution < 1.29 is 8.83 Å². The summed E-state index contributed by atoms with van der Waals surface area (Å²) in [6, 6.07) is 70.9. The summed E-state index contributed by atoms with van der Waals surface area (Å²) in [5, 5.41) is 6.66. The van der Waals surface area contributed by atoms with Gasteiger partial charge in [0.15, 0.2) is 0 Å². The van der Waals surface area contributed by atoms with Crippen molar-refractivity contribution in [2.45, 2.75) is 0 Å². The van der Waals surface area contributed by atoms with E-state index in [1.54, 1.807) is 0 Å². The lowest BCUT2D eigenvalue weighted by atomic mass is 9.96. The van der Waals surface area contributed by atoms with E-state index in [1.165, 1.54) is 11.1 Å². The Kier molecular flexibility index (Phi) is 7.17. The van der Waals surface area contributed by atoms with Crippen LogP contribution in [0.15, 0.2) is 209 Å². The third-order valence-electron chi connectivity index (χ3n) is 10.9. The van der Waals surface area contributed by atoms with Gasteiger partial charge in [0.05, 0.1) is 11.1 Å². The number of hydrogen-bond acceptors (Lipinski definition) is 3. The fourth-order valence-corrected chi connectivity index (χ4v) is 8.27. The predicted molar refractivity (Wildman–Crippen MR) is 229 cm³/mol. The van der Waals surface area contributed by atoms with Gasteiger partial charge in [0.25, 0.3) is 0 Å². The number of furan rings is 2. The first-order valence-electron chi connectivity index (χ1n) is 18.7. The predicted octanol–water partition coefficient (Wildman–Crippen LogP) is 15.1. The van der Waals surface area contributed by atoms with Gasteiger partial charge in [-0.3, -0.25) is 0 Å². The van der Waals surface area contributed by atoms with E-state index < -0.39 is 0 Å². The maximum Gasteiger partial charge on any atom is 0.143 e. The SMILES string of the molecule is c1ccc(-c2ccc(N(c3ccc(-c4cccc5c4oc4ccccc45)cc3)c3c(-c4ccccc4)ccc4oc5c6ccccc6ccc5c34)cc2)cc1. The maximum absolute atomic E-state index is 6.80. The van der Waals surface area contributed by atoms with Crippen LogP contribution in [-0.2, 0) is 0 Å². The Morgan fingerprint density at radius 1 is 0.309 bits per heavy atom. The molecule has 0 radical (unpaired) electrons. The van der Waals surface area contributed by atoms with Crippen molar-refractivity contribution in [1.82, 2.24) is 0 Å². The highest BCUT2D eigenvalue weighted by Crippen LogP contribution is 2.49. The molecular weight excluding hydrogens is 671 g/mol. The van der Waals surface area contributed by atoms with Crippen molar-refractivity contribution in [3.63, 3.8) is 0 Å². The van der Waals surface area contributed by atoms with Crippen LogP contribution in [0.5, 0.6) is 0 Å². The molecule has 0 amide bonds. The van der Waals surface area contributed by atoms with Gasteiger partial charge in [-0.1, -0.05) is 152 Å². The summed E-state index contributed by atoms with van der Waals surface area (Å²) in [7, 11) is 0. The van der Waals surface area contributed by atoms with E-state index in [9.17, 15) is 0 Å². The smallest absolute Gasteiger partial charge is 0.143 e. The molecule has 0 fully saturated rings. The number of hydrogen-bond donors (Lipinski definition) is 0. The molecule has 3 heteroatoms. The molecule has 55 heavy (non-hydrogen) atoms. The second kappa shape index (κ2) is 12.6. The van der Waals surface area contributed by atoms with Crippen molar-refractivity contribution >= 4 is 71.7 Å². The first-order valence-corrected chi connectivity index (χ1v) is 18.7. The average Bonchev–Trinajstić information content (AvgIpc) is 3.84. The highest BCUT2D eigenvalue weighted by Gasteiger charge is 2.25. The van der Waals surface area contributed by atoms with Crippen LogP contribution in [0.2, 0.25) is 0 Å². The molecule has 0 unspecified atom stereocenters. The number of fused-ring (bicyclic) bond motifs is 8. The van der Waals surface area contributed by atoms with Crippen LogP contribution in [0.25, 0.3) is 88.0 Å². The first-order chi connectivity index (χ1) is 27.3. The highest BCUT2D eigenvalue weighted by atomic mass is 16.3. The summed E-state index contributed by atoms with van der Waals surface area (Å²) >= 11 is 0. The van der Waals surface area contributed by atoms with Crippen LogP contribution in [0.3, 0.4) is 0 Å². The Hall–Kier alpha value is -7.36. The van der Waals surface area contributed by atoms with Gasteiger partial charge in [0, 0.05) is 44.0 Å². The fourth-order valence-electron chi connectivity index (χ4n) is 8.27. The minimum absolute atomic E-state index is 0.847. The quantitative estimate of drug-likeness (QED) is 0.173. The Morgan fingerprint density at radius 2 is 0.891 bits per heavy atom. The van der Waals surface area contributed by atoms with Crippen molar-refractivity contribution in [3.8, 4) is 33.4 Å².